The Bertz CT molecular complexity index is 1510. The smallest absolute Gasteiger partial charge is 0.417 e. The van der Waals surface area contributed by atoms with Gasteiger partial charge < -0.3 is 9.30 Å². The van der Waals surface area contributed by atoms with Crippen LogP contribution in [0.15, 0.2) is 29.6 Å². The van der Waals surface area contributed by atoms with Crippen LogP contribution in [0.1, 0.15) is 29.9 Å². The number of aryl methyl sites for hydroxylation is 1. The summed E-state index contributed by atoms with van der Waals surface area (Å²) in [5, 5.41) is 3.70. The highest BCUT2D eigenvalue weighted by atomic mass is 32.2. The topological polar surface area (TPSA) is 121 Å². The van der Waals surface area contributed by atoms with Gasteiger partial charge in [-0.05, 0) is 19.1 Å². The van der Waals surface area contributed by atoms with Crippen molar-refractivity contribution in [3.8, 4) is 11.4 Å². The van der Waals surface area contributed by atoms with Crippen molar-refractivity contribution in [1.29, 1.82) is 0 Å². The summed E-state index contributed by atoms with van der Waals surface area (Å²) in [6.07, 6.45) is -2.68. The fourth-order valence-electron chi connectivity index (χ4n) is 3.29. The Hall–Kier alpha value is -3.55. The van der Waals surface area contributed by atoms with Gasteiger partial charge in [-0.15, -0.1) is 0 Å². The summed E-state index contributed by atoms with van der Waals surface area (Å²) in [6.45, 7) is 3.10. The Balaban J connectivity index is 2.07. The monoisotopic (exact) mass is 482 g/mol. The Morgan fingerprint density at radius 3 is 2.55 bits per heavy atom. The molecule has 10 nitrogen and oxygen atoms in total. The third-order valence-corrected chi connectivity index (χ3v) is 6.54. The van der Waals surface area contributed by atoms with E-state index >= 15 is 0 Å². The van der Waals surface area contributed by atoms with Gasteiger partial charge >= 0.3 is 12.1 Å². The number of rotatable bonds is 5. The molecule has 0 aromatic carbocycles. The van der Waals surface area contributed by atoms with Crippen LogP contribution in [0.5, 0.6) is 0 Å². The van der Waals surface area contributed by atoms with E-state index in [0.29, 0.717) is 6.20 Å². The second kappa shape index (κ2) is 7.79. The summed E-state index contributed by atoms with van der Waals surface area (Å²) >= 11 is 0. The van der Waals surface area contributed by atoms with Crippen molar-refractivity contribution >= 4 is 32.6 Å². The maximum atomic E-state index is 13.1. The van der Waals surface area contributed by atoms with Gasteiger partial charge in [0.1, 0.15) is 16.9 Å². The molecule has 0 atom stereocenters. The summed E-state index contributed by atoms with van der Waals surface area (Å²) in [5.41, 5.74) is -1.15. The van der Waals surface area contributed by atoms with Gasteiger partial charge in [0, 0.05) is 19.4 Å². The number of halogens is 3. The fraction of sp³-hybridized carbons (Fsp3) is 0.316. The van der Waals surface area contributed by atoms with E-state index in [9.17, 15) is 26.4 Å². The highest BCUT2D eigenvalue weighted by Crippen LogP contribution is 2.35. The zero-order valence-electron chi connectivity index (χ0n) is 17.6. The molecule has 0 aliphatic carbocycles. The van der Waals surface area contributed by atoms with Crippen LogP contribution in [0.4, 0.5) is 13.2 Å². The van der Waals surface area contributed by atoms with E-state index in [1.165, 1.54) is 30.8 Å². The van der Waals surface area contributed by atoms with Crippen molar-refractivity contribution in [3.63, 3.8) is 0 Å². The number of esters is 1. The summed E-state index contributed by atoms with van der Waals surface area (Å²) in [7, 11) is -2.48. The van der Waals surface area contributed by atoms with E-state index in [2.05, 4.69) is 20.1 Å². The molecule has 33 heavy (non-hydrogen) atoms. The molecule has 0 radical (unpaired) electrons. The summed E-state index contributed by atoms with van der Waals surface area (Å²) in [4.78, 5) is 24.6. The average molecular weight is 482 g/mol. The van der Waals surface area contributed by atoms with Gasteiger partial charge in [0.25, 0.3) is 0 Å². The van der Waals surface area contributed by atoms with Gasteiger partial charge in [0.05, 0.1) is 17.9 Å². The van der Waals surface area contributed by atoms with E-state index < -0.39 is 32.6 Å². The highest BCUT2D eigenvalue weighted by molar-refractivity contribution is 7.91. The van der Waals surface area contributed by atoms with Crippen LogP contribution in [0.25, 0.3) is 28.2 Å². The number of hydrogen-bond acceptors (Lipinski definition) is 8. The highest BCUT2D eigenvalue weighted by Gasteiger charge is 2.33. The molecule has 4 aromatic rings. The predicted octanol–water partition coefficient (Wildman–Crippen LogP) is 2.67. The maximum absolute atomic E-state index is 13.1. The van der Waals surface area contributed by atoms with Crippen LogP contribution >= 0.6 is 0 Å². The molecule has 4 heterocycles. The molecule has 0 aliphatic rings. The van der Waals surface area contributed by atoms with Crippen molar-refractivity contribution < 1.29 is 31.1 Å². The molecule has 4 aromatic heterocycles. The van der Waals surface area contributed by atoms with Crippen molar-refractivity contribution in [2.45, 2.75) is 25.0 Å². The van der Waals surface area contributed by atoms with Gasteiger partial charge in [-0.2, -0.15) is 18.3 Å². The number of ether oxygens (including phenoxy) is 1. The zero-order chi connectivity index (χ0) is 24.1. The third kappa shape index (κ3) is 3.69. The first-order chi connectivity index (χ1) is 15.5. The SMILES string of the molecule is CCOC(=O)c1ccnc2c(-c3nc4cc(C(F)(F)F)cnc4n3C)c(S(=O)(=O)CC)nn12. The Morgan fingerprint density at radius 2 is 1.91 bits per heavy atom. The van der Waals surface area contributed by atoms with Crippen molar-refractivity contribution in [2.24, 2.45) is 7.05 Å². The number of aromatic nitrogens is 6. The number of fused-ring (bicyclic) bond motifs is 2. The van der Waals surface area contributed by atoms with E-state index in [1.807, 2.05) is 0 Å². The molecule has 0 amide bonds. The summed E-state index contributed by atoms with van der Waals surface area (Å²) in [5.74, 6) is -1.09. The first-order valence-corrected chi connectivity index (χ1v) is 11.3. The second-order valence-corrected chi connectivity index (χ2v) is 9.12. The summed E-state index contributed by atoms with van der Waals surface area (Å²) < 4.78 is 72.5. The first kappa shape index (κ1) is 22.6. The zero-order valence-corrected chi connectivity index (χ0v) is 18.4. The lowest BCUT2D eigenvalue weighted by molar-refractivity contribution is -0.137. The molecular formula is C19H17F3N6O4S. The number of alkyl halides is 3. The van der Waals surface area contributed by atoms with Crippen LogP contribution < -0.4 is 0 Å². The van der Waals surface area contributed by atoms with Gasteiger partial charge in [0.2, 0.25) is 0 Å². The lowest BCUT2D eigenvalue weighted by Gasteiger charge is -2.05. The largest absolute Gasteiger partial charge is 0.461 e. The van der Waals surface area contributed by atoms with Gasteiger partial charge in [0.15, 0.2) is 31.9 Å². The molecule has 0 fully saturated rings. The Kier molecular flexibility index (Phi) is 5.35. The number of imidazole rings is 1. The van der Waals surface area contributed by atoms with E-state index in [4.69, 9.17) is 4.74 Å². The Labute approximate surface area is 185 Å². The average Bonchev–Trinajstić information content (AvgIpc) is 3.31. The minimum Gasteiger partial charge on any atom is -0.461 e. The summed E-state index contributed by atoms with van der Waals surface area (Å²) in [6, 6.07) is 2.14. The predicted molar refractivity (Wildman–Crippen MR) is 109 cm³/mol. The number of nitrogens with zero attached hydrogens (tertiary/aromatic N) is 6. The van der Waals surface area contributed by atoms with Crippen LogP contribution in [-0.4, -0.2) is 55.9 Å². The van der Waals surface area contributed by atoms with Crippen LogP contribution in [0.3, 0.4) is 0 Å². The first-order valence-electron chi connectivity index (χ1n) is 9.67. The number of carbonyl (C=O) groups is 1. The van der Waals surface area contributed by atoms with Crippen molar-refractivity contribution in [2.75, 3.05) is 12.4 Å². The lowest BCUT2D eigenvalue weighted by atomic mass is 10.2. The normalized spacial score (nSPS) is 12.5. The molecule has 0 saturated heterocycles. The van der Waals surface area contributed by atoms with Crippen LogP contribution in [0.2, 0.25) is 0 Å². The number of hydrogen-bond donors (Lipinski definition) is 0. The quantitative estimate of drug-likeness (QED) is 0.398. The minimum atomic E-state index is -4.63. The molecule has 0 bridgehead atoms. The minimum absolute atomic E-state index is 0.0210. The second-order valence-electron chi connectivity index (χ2n) is 6.93. The van der Waals surface area contributed by atoms with Crippen LogP contribution in [0, 0.1) is 0 Å². The third-order valence-electron chi connectivity index (χ3n) is 4.91. The molecule has 0 spiro atoms. The molecular weight excluding hydrogens is 465 g/mol. The standard InChI is InChI=1S/C19H17F3N6O4S/c1-4-32-18(29)12-6-7-23-15-13(17(26-28(12)15)33(30,31)5-2)16-25-11-8-10(19(20,21)22)9-24-14(11)27(16)3/h6-9H,4-5H2,1-3H3. The number of sulfone groups is 1. The maximum Gasteiger partial charge on any atom is 0.417 e. The lowest BCUT2D eigenvalue weighted by Crippen LogP contribution is -2.12. The molecule has 4 rings (SSSR count). The van der Waals surface area contributed by atoms with E-state index in [-0.39, 0.29) is 46.3 Å². The van der Waals surface area contributed by atoms with Gasteiger partial charge in [-0.25, -0.2) is 32.7 Å². The van der Waals surface area contributed by atoms with Gasteiger partial charge in [-0.1, -0.05) is 6.92 Å². The van der Waals surface area contributed by atoms with Gasteiger partial charge in [-0.3, -0.25) is 0 Å². The Morgan fingerprint density at radius 1 is 1.18 bits per heavy atom. The van der Waals surface area contributed by atoms with Crippen LogP contribution in [-0.2, 0) is 27.8 Å². The van der Waals surface area contributed by atoms with E-state index in [0.717, 1.165) is 10.6 Å². The molecule has 0 saturated carbocycles. The fourth-order valence-corrected chi connectivity index (χ4v) is 4.26. The molecule has 14 heteroatoms. The molecule has 0 N–H and O–H groups in total. The number of pyridine rings is 1. The molecule has 0 aliphatic heterocycles. The van der Waals surface area contributed by atoms with Crippen molar-refractivity contribution in [3.05, 3.63) is 35.8 Å². The van der Waals surface area contributed by atoms with Crippen molar-refractivity contribution in [1.82, 2.24) is 29.1 Å². The molecule has 0 unspecified atom stereocenters. The molecule has 174 valence electrons. The van der Waals surface area contributed by atoms with E-state index in [1.54, 1.807) is 6.92 Å². The number of carbonyl (C=O) groups excluding carboxylic acids is 1.